The summed E-state index contributed by atoms with van der Waals surface area (Å²) in [6, 6.07) is 0. The quantitative estimate of drug-likeness (QED) is 0.576. The van der Waals surface area contributed by atoms with Gasteiger partial charge in [-0.25, -0.2) is 4.79 Å². The summed E-state index contributed by atoms with van der Waals surface area (Å²) in [5.74, 6) is -0.519. The molecule has 1 aliphatic heterocycles. The predicted octanol–water partition coefficient (Wildman–Crippen LogP) is 1.89. The summed E-state index contributed by atoms with van der Waals surface area (Å²) >= 11 is 0. The van der Waals surface area contributed by atoms with Crippen LogP contribution in [0, 0.1) is 0 Å². The molecule has 1 saturated heterocycles. The zero-order chi connectivity index (χ0) is 17.1. The second kappa shape index (κ2) is 7.08. The fourth-order valence-electron chi connectivity index (χ4n) is 2.89. The molecule has 0 radical (unpaired) electrons. The lowest BCUT2D eigenvalue weighted by molar-refractivity contribution is -0.262. The van der Waals surface area contributed by atoms with Gasteiger partial charge >= 0.3 is 5.97 Å². The molecule has 1 aliphatic rings. The van der Waals surface area contributed by atoms with E-state index in [0.29, 0.717) is 18.4 Å². The molecule has 1 atom stereocenters. The third-order valence-corrected chi connectivity index (χ3v) is 3.88. The Hall–Kier alpha value is -0.950. The van der Waals surface area contributed by atoms with Crippen molar-refractivity contribution in [1.82, 2.24) is 5.06 Å². The average Bonchev–Trinajstić information content (AvgIpc) is 2.39. The second-order valence-corrected chi connectivity index (χ2v) is 7.33. The Labute approximate surface area is 132 Å². The molecule has 0 aromatic rings. The van der Waals surface area contributed by atoms with E-state index < -0.39 is 23.2 Å². The van der Waals surface area contributed by atoms with Crippen LogP contribution in [0.1, 0.15) is 47.5 Å². The van der Waals surface area contributed by atoms with Crippen molar-refractivity contribution in [3.8, 4) is 0 Å². The highest BCUT2D eigenvalue weighted by Crippen LogP contribution is 2.37. The van der Waals surface area contributed by atoms with Crippen molar-refractivity contribution in [3.63, 3.8) is 0 Å². The van der Waals surface area contributed by atoms with Gasteiger partial charge in [0.2, 0.25) is 0 Å². The predicted molar refractivity (Wildman–Crippen MR) is 82.5 cm³/mol. The maximum Gasteiger partial charge on any atom is 0.333 e. The third kappa shape index (κ3) is 5.05. The summed E-state index contributed by atoms with van der Waals surface area (Å²) in [5.41, 5.74) is -0.500. The number of nitrogens with zero attached hydrogens (tertiary/aromatic N) is 1. The van der Waals surface area contributed by atoms with Crippen molar-refractivity contribution < 1.29 is 24.6 Å². The van der Waals surface area contributed by atoms with Crippen LogP contribution >= 0.6 is 0 Å². The molecule has 2 N–H and O–H groups in total. The fourth-order valence-corrected chi connectivity index (χ4v) is 2.89. The smallest absolute Gasteiger partial charge is 0.333 e. The van der Waals surface area contributed by atoms with E-state index in [1.54, 1.807) is 6.92 Å². The molecule has 0 bridgehead atoms. The first-order valence-electron chi connectivity index (χ1n) is 7.57. The van der Waals surface area contributed by atoms with Gasteiger partial charge in [0.25, 0.3) is 0 Å². The van der Waals surface area contributed by atoms with E-state index in [0.717, 1.165) is 0 Å². The lowest BCUT2D eigenvalue weighted by Gasteiger charge is -2.51. The highest BCUT2D eigenvalue weighted by Gasteiger charge is 2.45. The van der Waals surface area contributed by atoms with Gasteiger partial charge in [-0.05, 0) is 47.5 Å². The van der Waals surface area contributed by atoms with Crippen LogP contribution in [0.15, 0.2) is 12.2 Å². The molecule has 1 fully saturated rings. The summed E-state index contributed by atoms with van der Waals surface area (Å²) < 4.78 is 10.6. The number of hydrogen-bond donors (Lipinski definition) is 2. The molecule has 6 nitrogen and oxygen atoms in total. The van der Waals surface area contributed by atoms with Gasteiger partial charge in [-0.3, -0.25) is 0 Å². The number of esters is 1. The SMILES string of the molecule is C=C(C)C(=O)OCC(O)COC1CC(C)(C)N(O)C(C)(C)C1. The number of rotatable bonds is 6. The number of aliphatic hydroxyl groups is 1. The number of hydroxylamine groups is 2. The summed E-state index contributed by atoms with van der Waals surface area (Å²) in [4.78, 5) is 11.3. The minimum atomic E-state index is -0.873. The van der Waals surface area contributed by atoms with E-state index in [1.165, 1.54) is 5.06 Å². The Morgan fingerprint density at radius 1 is 1.27 bits per heavy atom. The Morgan fingerprint density at radius 3 is 2.23 bits per heavy atom. The Morgan fingerprint density at radius 2 is 1.77 bits per heavy atom. The van der Waals surface area contributed by atoms with E-state index in [4.69, 9.17) is 9.47 Å². The number of carbonyl (C=O) groups excluding carboxylic acids is 1. The summed E-state index contributed by atoms with van der Waals surface area (Å²) in [5, 5.41) is 21.4. The van der Waals surface area contributed by atoms with Gasteiger partial charge < -0.3 is 19.8 Å². The number of aliphatic hydroxyl groups excluding tert-OH is 1. The second-order valence-electron chi connectivity index (χ2n) is 7.33. The van der Waals surface area contributed by atoms with Gasteiger partial charge in [0.1, 0.15) is 12.7 Å². The molecule has 0 aromatic carbocycles. The van der Waals surface area contributed by atoms with Crippen LogP contribution in [0.2, 0.25) is 0 Å². The molecule has 1 unspecified atom stereocenters. The van der Waals surface area contributed by atoms with E-state index in [-0.39, 0.29) is 19.3 Å². The fraction of sp³-hybridized carbons (Fsp3) is 0.812. The molecule has 0 saturated carbocycles. The van der Waals surface area contributed by atoms with Gasteiger partial charge in [0, 0.05) is 16.7 Å². The number of ether oxygens (including phenoxy) is 2. The summed E-state index contributed by atoms with van der Waals surface area (Å²) in [6.07, 6.45) is 0.373. The van der Waals surface area contributed by atoms with Gasteiger partial charge in [0.15, 0.2) is 0 Å². The molecular weight excluding hydrogens is 286 g/mol. The minimum Gasteiger partial charge on any atom is -0.460 e. The lowest BCUT2D eigenvalue weighted by atomic mass is 9.80. The van der Waals surface area contributed by atoms with E-state index in [1.807, 2.05) is 27.7 Å². The van der Waals surface area contributed by atoms with Crippen LogP contribution in [0.25, 0.3) is 0 Å². The lowest BCUT2D eigenvalue weighted by Crippen LogP contribution is -2.60. The minimum absolute atomic E-state index is 0.0695. The molecule has 128 valence electrons. The summed E-state index contributed by atoms with van der Waals surface area (Å²) in [6.45, 7) is 12.8. The molecule has 22 heavy (non-hydrogen) atoms. The molecule has 0 amide bonds. The first-order chi connectivity index (χ1) is 9.95. The number of piperidine rings is 1. The average molecular weight is 315 g/mol. The molecule has 0 aliphatic carbocycles. The van der Waals surface area contributed by atoms with Crippen LogP contribution in [0.3, 0.4) is 0 Å². The van der Waals surface area contributed by atoms with Gasteiger partial charge in [0.05, 0.1) is 12.7 Å². The van der Waals surface area contributed by atoms with Crippen molar-refractivity contribution in [1.29, 1.82) is 0 Å². The molecule has 0 aromatic heterocycles. The maximum absolute atomic E-state index is 11.3. The van der Waals surface area contributed by atoms with Crippen LogP contribution in [0.5, 0.6) is 0 Å². The molecule has 6 heteroatoms. The van der Waals surface area contributed by atoms with Gasteiger partial charge in [-0.1, -0.05) is 6.58 Å². The number of hydrogen-bond acceptors (Lipinski definition) is 6. The first-order valence-corrected chi connectivity index (χ1v) is 7.57. The third-order valence-electron chi connectivity index (χ3n) is 3.88. The number of carbonyl (C=O) groups is 1. The first kappa shape index (κ1) is 19.1. The van der Waals surface area contributed by atoms with Crippen LogP contribution in [-0.4, -0.2) is 57.8 Å². The van der Waals surface area contributed by atoms with Crippen molar-refractivity contribution in [2.45, 2.75) is 70.7 Å². The monoisotopic (exact) mass is 315 g/mol. The van der Waals surface area contributed by atoms with Crippen molar-refractivity contribution in [3.05, 3.63) is 12.2 Å². The van der Waals surface area contributed by atoms with Crippen molar-refractivity contribution in [2.24, 2.45) is 0 Å². The largest absolute Gasteiger partial charge is 0.460 e. The maximum atomic E-state index is 11.3. The molecule has 0 spiro atoms. The van der Waals surface area contributed by atoms with E-state index in [2.05, 4.69) is 6.58 Å². The Balaban J connectivity index is 2.44. The van der Waals surface area contributed by atoms with Gasteiger partial charge in [-0.15, -0.1) is 0 Å². The molecule has 1 heterocycles. The topological polar surface area (TPSA) is 79.2 Å². The summed E-state index contributed by atoms with van der Waals surface area (Å²) in [7, 11) is 0. The van der Waals surface area contributed by atoms with Crippen LogP contribution in [0.4, 0.5) is 0 Å². The molecular formula is C16H29NO5. The highest BCUT2D eigenvalue weighted by molar-refractivity contribution is 5.86. The van der Waals surface area contributed by atoms with Crippen LogP contribution < -0.4 is 0 Å². The molecule has 1 rings (SSSR count). The van der Waals surface area contributed by atoms with Crippen LogP contribution in [-0.2, 0) is 14.3 Å². The van der Waals surface area contributed by atoms with Gasteiger partial charge in [-0.2, -0.15) is 5.06 Å². The Kier molecular flexibility index (Phi) is 6.15. The van der Waals surface area contributed by atoms with Crippen molar-refractivity contribution in [2.75, 3.05) is 13.2 Å². The zero-order valence-corrected chi connectivity index (χ0v) is 14.3. The van der Waals surface area contributed by atoms with E-state index >= 15 is 0 Å². The Bertz CT molecular complexity index is 401. The standard InChI is InChI=1S/C16H29NO5/c1-11(2)14(19)22-10-12(18)9-21-13-7-15(3,4)17(20)16(5,6)8-13/h12-13,18,20H,1,7-10H2,2-6H3. The van der Waals surface area contributed by atoms with E-state index in [9.17, 15) is 15.1 Å². The normalized spacial score (nSPS) is 23.0. The van der Waals surface area contributed by atoms with Crippen molar-refractivity contribution >= 4 is 5.97 Å². The zero-order valence-electron chi connectivity index (χ0n) is 14.3. The highest BCUT2D eigenvalue weighted by atomic mass is 16.6.